The molecule has 0 atom stereocenters. The highest BCUT2D eigenvalue weighted by Gasteiger charge is 2.16. The molecule has 1 N–H and O–H groups in total. The van der Waals surface area contributed by atoms with E-state index >= 15 is 0 Å². The summed E-state index contributed by atoms with van der Waals surface area (Å²) in [5.74, 6) is 0.942. The van der Waals surface area contributed by atoms with E-state index in [1.807, 2.05) is 40.7 Å². The van der Waals surface area contributed by atoms with Crippen molar-refractivity contribution in [3.05, 3.63) is 41.9 Å². The van der Waals surface area contributed by atoms with E-state index in [9.17, 15) is 4.79 Å². The van der Waals surface area contributed by atoms with Crippen LogP contribution < -0.4 is 5.32 Å². The third-order valence-corrected chi connectivity index (χ3v) is 4.48. The number of hydrogen-bond acceptors (Lipinski definition) is 4. The summed E-state index contributed by atoms with van der Waals surface area (Å²) in [5, 5.41) is 8.76. The first kappa shape index (κ1) is 19.1. The van der Waals surface area contributed by atoms with Gasteiger partial charge in [-0.25, -0.2) is 9.67 Å². The van der Waals surface area contributed by atoms with Gasteiger partial charge in [-0.15, -0.1) is 0 Å². The van der Waals surface area contributed by atoms with E-state index in [1.54, 1.807) is 7.11 Å². The zero-order chi connectivity index (χ0) is 19.2. The molecule has 0 aliphatic heterocycles. The van der Waals surface area contributed by atoms with Crippen LogP contribution in [0.15, 0.2) is 30.6 Å². The van der Waals surface area contributed by atoms with E-state index < -0.39 is 0 Å². The third-order valence-electron chi connectivity index (χ3n) is 4.48. The van der Waals surface area contributed by atoms with Crippen LogP contribution in [0.4, 0.5) is 0 Å². The molecular weight excluding hydrogens is 342 g/mol. The average molecular weight is 369 g/mol. The molecule has 3 aromatic heterocycles. The first-order valence-electron chi connectivity index (χ1n) is 9.34. The van der Waals surface area contributed by atoms with Crippen LogP contribution in [0.25, 0.3) is 16.9 Å². The van der Waals surface area contributed by atoms with Gasteiger partial charge in [-0.05, 0) is 50.5 Å². The number of nitrogens with one attached hydrogen (secondary N) is 1. The molecule has 3 heterocycles. The molecule has 0 aliphatic carbocycles. The molecule has 3 aromatic rings. The Labute approximate surface area is 159 Å². The Morgan fingerprint density at radius 3 is 2.74 bits per heavy atom. The van der Waals surface area contributed by atoms with E-state index in [-0.39, 0.29) is 5.91 Å². The monoisotopic (exact) mass is 369 g/mol. The highest BCUT2D eigenvalue weighted by atomic mass is 16.5. The van der Waals surface area contributed by atoms with Crippen LogP contribution in [0.2, 0.25) is 0 Å². The largest absolute Gasteiger partial charge is 0.385 e. The predicted octanol–water partition coefficient (Wildman–Crippen LogP) is 2.77. The second-order valence-electron chi connectivity index (χ2n) is 6.72. The van der Waals surface area contributed by atoms with Crippen molar-refractivity contribution in [1.29, 1.82) is 0 Å². The van der Waals surface area contributed by atoms with Crippen molar-refractivity contribution in [3.63, 3.8) is 0 Å². The fourth-order valence-corrected chi connectivity index (χ4v) is 3.23. The first-order valence-corrected chi connectivity index (χ1v) is 9.34. The molecule has 1 amide bonds. The second kappa shape index (κ2) is 8.81. The molecule has 7 heteroatoms. The second-order valence-corrected chi connectivity index (χ2v) is 6.72. The summed E-state index contributed by atoms with van der Waals surface area (Å²) in [5.41, 5.74) is 3.00. The minimum Gasteiger partial charge on any atom is -0.385 e. The quantitative estimate of drug-likeness (QED) is 0.589. The minimum atomic E-state index is 0.0634. The molecule has 0 spiro atoms. The number of rotatable bonds is 9. The van der Waals surface area contributed by atoms with Gasteiger partial charge in [0.2, 0.25) is 5.91 Å². The summed E-state index contributed by atoms with van der Waals surface area (Å²) in [6.45, 7) is 6.04. The zero-order valence-corrected chi connectivity index (χ0v) is 16.2. The number of nitrogens with zero attached hydrogens (tertiary/aromatic N) is 4. The lowest BCUT2D eigenvalue weighted by molar-refractivity contribution is -0.121. The maximum Gasteiger partial charge on any atom is 0.220 e. The summed E-state index contributed by atoms with van der Waals surface area (Å²) in [6, 6.07) is 6.04. The lowest BCUT2D eigenvalue weighted by atomic mass is 10.2. The van der Waals surface area contributed by atoms with Gasteiger partial charge in [0.05, 0.1) is 5.39 Å². The topological polar surface area (TPSA) is 74.0 Å². The van der Waals surface area contributed by atoms with Gasteiger partial charge in [-0.1, -0.05) is 0 Å². The normalized spacial score (nSPS) is 11.2. The van der Waals surface area contributed by atoms with Crippen LogP contribution in [0.3, 0.4) is 0 Å². The summed E-state index contributed by atoms with van der Waals surface area (Å²) in [4.78, 5) is 16.7. The lowest BCUT2D eigenvalue weighted by Gasteiger charge is -2.06. The van der Waals surface area contributed by atoms with Gasteiger partial charge < -0.3 is 14.6 Å². The number of methoxy groups -OCH3 is 1. The molecule has 0 unspecified atom stereocenters. The smallest absolute Gasteiger partial charge is 0.220 e. The highest BCUT2D eigenvalue weighted by Crippen LogP contribution is 2.25. The Morgan fingerprint density at radius 1 is 1.22 bits per heavy atom. The van der Waals surface area contributed by atoms with Gasteiger partial charge in [0.25, 0.3) is 0 Å². The van der Waals surface area contributed by atoms with Crippen molar-refractivity contribution >= 4 is 16.9 Å². The highest BCUT2D eigenvalue weighted by molar-refractivity contribution is 5.87. The Morgan fingerprint density at radius 2 is 2.00 bits per heavy atom. The van der Waals surface area contributed by atoms with Gasteiger partial charge in [0.15, 0.2) is 11.5 Å². The van der Waals surface area contributed by atoms with Crippen LogP contribution in [0.1, 0.15) is 30.5 Å². The van der Waals surface area contributed by atoms with Crippen LogP contribution in [0, 0.1) is 13.8 Å². The number of ether oxygens (including phenoxy) is 1. The first-order chi connectivity index (χ1) is 13.1. The number of carbonyl (C=O) groups is 1. The maximum absolute atomic E-state index is 12.0. The molecule has 0 fully saturated rings. The van der Waals surface area contributed by atoms with Gasteiger partial charge >= 0.3 is 0 Å². The van der Waals surface area contributed by atoms with E-state index in [2.05, 4.69) is 18.3 Å². The van der Waals surface area contributed by atoms with Crippen LogP contribution in [-0.2, 0) is 16.1 Å². The number of hydrogen-bond donors (Lipinski definition) is 1. The van der Waals surface area contributed by atoms with Gasteiger partial charge in [-0.2, -0.15) is 5.10 Å². The lowest BCUT2D eigenvalue weighted by Crippen LogP contribution is -2.25. The zero-order valence-electron chi connectivity index (χ0n) is 16.2. The summed E-state index contributed by atoms with van der Waals surface area (Å²) in [7, 11) is 1.66. The van der Waals surface area contributed by atoms with Crippen molar-refractivity contribution in [3.8, 4) is 5.82 Å². The Kier molecular flexibility index (Phi) is 6.24. The number of carbonyl (C=O) groups excluding carboxylic acids is 1. The summed E-state index contributed by atoms with van der Waals surface area (Å²) in [6.07, 6.45) is 5.98. The standard InChI is InChI=1S/C20H27N5O2/c1-15-14-16(2)22-19-18(15)20(24-10-4-5-11-24)23-25(19)12-6-8-17(26)21-9-7-13-27-3/h4-5,10-11,14H,6-9,12-13H2,1-3H3,(H,21,26). The van der Waals surface area contributed by atoms with Gasteiger partial charge in [0, 0.05) is 51.3 Å². The number of amides is 1. The number of fused-ring (bicyclic) bond motifs is 1. The molecule has 0 saturated carbocycles. The van der Waals surface area contributed by atoms with Gasteiger partial charge in [-0.3, -0.25) is 4.79 Å². The molecule has 0 aliphatic rings. The number of aryl methyl sites for hydroxylation is 3. The number of pyridine rings is 1. The van der Waals surface area contributed by atoms with Crippen molar-refractivity contribution in [2.24, 2.45) is 0 Å². The maximum atomic E-state index is 12.0. The van der Waals surface area contributed by atoms with Crippen LogP contribution in [0.5, 0.6) is 0 Å². The van der Waals surface area contributed by atoms with E-state index in [4.69, 9.17) is 14.8 Å². The van der Waals surface area contributed by atoms with E-state index in [0.29, 0.717) is 32.5 Å². The number of aromatic nitrogens is 4. The Balaban J connectivity index is 1.72. The fraction of sp³-hybridized carbons (Fsp3) is 0.450. The Hall–Kier alpha value is -2.67. The van der Waals surface area contributed by atoms with Crippen molar-refractivity contribution in [2.45, 2.75) is 39.7 Å². The molecule has 0 aromatic carbocycles. The molecule has 0 bridgehead atoms. The molecule has 144 valence electrons. The SMILES string of the molecule is COCCCNC(=O)CCCn1nc(-n2cccc2)c2c(C)cc(C)nc21. The minimum absolute atomic E-state index is 0.0634. The van der Waals surface area contributed by atoms with Gasteiger partial charge in [0.1, 0.15) is 0 Å². The molecule has 27 heavy (non-hydrogen) atoms. The Bertz CT molecular complexity index is 899. The van der Waals surface area contributed by atoms with Crippen LogP contribution in [-0.4, -0.2) is 45.5 Å². The summed E-state index contributed by atoms with van der Waals surface area (Å²) >= 11 is 0. The molecular formula is C20H27N5O2. The molecule has 7 nitrogen and oxygen atoms in total. The summed E-state index contributed by atoms with van der Waals surface area (Å²) < 4.78 is 8.91. The fourth-order valence-electron chi connectivity index (χ4n) is 3.23. The predicted molar refractivity (Wildman–Crippen MR) is 105 cm³/mol. The molecule has 3 rings (SSSR count). The van der Waals surface area contributed by atoms with E-state index in [1.165, 1.54) is 0 Å². The van der Waals surface area contributed by atoms with Crippen molar-refractivity contribution in [1.82, 2.24) is 24.6 Å². The average Bonchev–Trinajstić information content (AvgIpc) is 3.27. The van der Waals surface area contributed by atoms with Crippen molar-refractivity contribution in [2.75, 3.05) is 20.3 Å². The van der Waals surface area contributed by atoms with Crippen molar-refractivity contribution < 1.29 is 9.53 Å². The molecule has 0 radical (unpaired) electrons. The third kappa shape index (κ3) is 4.54. The molecule has 0 saturated heterocycles. The van der Waals surface area contributed by atoms with Crippen LogP contribution >= 0.6 is 0 Å². The van der Waals surface area contributed by atoms with E-state index in [0.717, 1.165) is 34.5 Å².